The Labute approximate surface area is 138 Å². The van der Waals surface area contributed by atoms with E-state index in [0.29, 0.717) is 12.5 Å². The van der Waals surface area contributed by atoms with Crippen molar-refractivity contribution in [1.29, 1.82) is 0 Å². The number of halogens is 1. The van der Waals surface area contributed by atoms with Gasteiger partial charge in [0.05, 0.1) is 19.3 Å². The van der Waals surface area contributed by atoms with Crippen molar-refractivity contribution in [3.05, 3.63) is 23.0 Å². The SMILES string of the molecule is COc1c(C)cnc(CN=C(N)NC(C)(C)C)c1C.I. The van der Waals surface area contributed by atoms with E-state index < -0.39 is 0 Å². The van der Waals surface area contributed by atoms with Crippen LogP contribution in [0.4, 0.5) is 0 Å². The molecule has 0 aliphatic rings. The van der Waals surface area contributed by atoms with Crippen LogP contribution in [0.25, 0.3) is 0 Å². The molecule has 0 radical (unpaired) electrons. The molecule has 20 heavy (non-hydrogen) atoms. The Morgan fingerprint density at radius 2 is 2.00 bits per heavy atom. The number of nitrogens with zero attached hydrogens (tertiary/aromatic N) is 2. The first-order valence-corrected chi connectivity index (χ1v) is 6.31. The standard InChI is InChI=1S/C14H24N4O.HI/c1-9-7-16-11(10(2)12(9)19-6)8-17-13(15)18-14(3,4)5;/h7H,8H2,1-6H3,(H3,15,17,18);1H. The lowest BCUT2D eigenvalue weighted by atomic mass is 10.1. The van der Waals surface area contributed by atoms with Gasteiger partial charge in [0.25, 0.3) is 0 Å². The van der Waals surface area contributed by atoms with E-state index in [-0.39, 0.29) is 29.5 Å². The molecule has 1 rings (SSSR count). The minimum Gasteiger partial charge on any atom is -0.496 e. The molecule has 0 spiro atoms. The van der Waals surface area contributed by atoms with Crippen molar-refractivity contribution in [3.63, 3.8) is 0 Å². The van der Waals surface area contributed by atoms with Gasteiger partial charge in [-0.15, -0.1) is 24.0 Å². The average molecular weight is 392 g/mol. The lowest BCUT2D eigenvalue weighted by Crippen LogP contribution is -2.45. The smallest absolute Gasteiger partial charge is 0.189 e. The monoisotopic (exact) mass is 392 g/mol. The van der Waals surface area contributed by atoms with E-state index in [0.717, 1.165) is 22.6 Å². The second-order valence-corrected chi connectivity index (χ2v) is 5.62. The van der Waals surface area contributed by atoms with Crippen LogP contribution in [0.2, 0.25) is 0 Å². The first-order valence-electron chi connectivity index (χ1n) is 6.31. The summed E-state index contributed by atoms with van der Waals surface area (Å²) >= 11 is 0. The molecular weight excluding hydrogens is 367 g/mol. The fourth-order valence-corrected chi connectivity index (χ4v) is 1.81. The summed E-state index contributed by atoms with van der Waals surface area (Å²) in [5.41, 5.74) is 8.65. The largest absolute Gasteiger partial charge is 0.496 e. The highest BCUT2D eigenvalue weighted by Gasteiger charge is 2.11. The molecule has 6 heteroatoms. The number of rotatable bonds is 3. The van der Waals surface area contributed by atoms with Crippen molar-refractivity contribution in [1.82, 2.24) is 10.3 Å². The molecule has 1 aromatic heterocycles. The van der Waals surface area contributed by atoms with Gasteiger partial charge in [-0.1, -0.05) is 0 Å². The number of aromatic nitrogens is 1. The number of nitrogens with one attached hydrogen (secondary N) is 1. The third kappa shape index (κ3) is 5.52. The molecule has 3 N–H and O–H groups in total. The van der Waals surface area contributed by atoms with Crippen LogP contribution in [0.5, 0.6) is 5.75 Å². The Bertz CT molecular complexity index is 481. The van der Waals surface area contributed by atoms with Crippen molar-refractivity contribution >= 4 is 29.9 Å². The summed E-state index contributed by atoms with van der Waals surface area (Å²) in [4.78, 5) is 8.70. The topological polar surface area (TPSA) is 72.5 Å². The van der Waals surface area contributed by atoms with Crippen LogP contribution in [0.3, 0.4) is 0 Å². The number of aliphatic imine (C=N–C) groups is 1. The molecule has 114 valence electrons. The number of aryl methyl sites for hydroxylation is 1. The molecular formula is C14H25IN4O. The van der Waals surface area contributed by atoms with Crippen molar-refractivity contribution in [2.24, 2.45) is 10.7 Å². The molecule has 0 bridgehead atoms. The van der Waals surface area contributed by atoms with Crippen LogP contribution in [-0.2, 0) is 6.54 Å². The maximum Gasteiger partial charge on any atom is 0.189 e. The van der Waals surface area contributed by atoms with Gasteiger partial charge in [-0.25, -0.2) is 4.99 Å². The summed E-state index contributed by atoms with van der Waals surface area (Å²) in [5.74, 6) is 1.29. The molecule has 0 saturated carbocycles. The summed E-state index contributed by atoms with van der Waals surface area (Å²) < 4.78 is 5.37. The number of ether oxygens (including phenoxy) is 1. The lowest BCUT2D eigenvalue weighted by Gasteiger charge is -2.21. The minimum absolute atomic E-state index is 0. The van der Waals surface area contributed by atoms with Gasteiger partial charge in [0.2, 0.25) is 0 Å². The molecule has 0 fully saturated rings. The van der Waals surface area contributed by atoms with Crippen LogP contribution in [0, 0.1) is 13.8 Å². The van der Waals surface area contributed by atoms with Crippen LogP contribution >= 0.6 is 24.0 Å². The summed E-state index contributed by atoms with van der Waals surface area (Å²) in [6.45, 7) is 10.5. The maximum atomic E-state index is 5.84. The molecule has 0 atom stereocenters. The predicted molar refractivity (Wildman–Crippen MR) is 93.9 cm³/mol. The predicted octanol–water partition coefficient (Wildman–Crippen LogP) is 2.53. The molecule has 0 aromatic carbocycles. The number of hydrogen-bond donors (Lipinski definition) is 2. The van der Waals surface area contributed by atoms with Crippen molar-refractivity contribution in [2.45, 2.75) is 46.7 Å². The summed E-state index contributed by atoms with van der Waals surface area (Å²) in [6.07, 6.45) is 1.80. The van der Waals surface area contributed by atoms with Crippen LogP contribution in [0.1, 0.15) is 37.6 Å². The molecule has 1 aromatic rings. The van der Waals surface area contributed by atoms with Crippen LogP contribution < -0.4 is 15.8 Å². The number of hydrogen-bond acceptors (Lipinski definition) is 3. The normalized spacial score (nSPS) is 11.8. The summed E-state index contributed by atoms with van der Waals surface area (Å²) in [6, 6.07) is 0. The zero-order chi connectivity index (χ0) is 14.6. The maximum absolute atomic E-state index is 5.84. The Hall–Kier alpha value is -1.05. The van der Waals surface area contributed by atoms with Crippen molar-refractivity contribution in [3.8, 4) is 5.75 Å². The van der Waals surface area contributed by atoms with Gasteiger partial charge >= 0.3 is 0 Å². The average Bonchev–Trinajstić information content (AvgIpc) is 2.26. The molecule has 0 aliphatic carbocycles. The van der Waals surface area contributed by atoms with Gasteiger partial charge in [0.1, 0.15) is 5.75 Å². The van der Waals surface area contributed by atoms with Crippen molar-refractivity contribution < 1.29 is 4.74 Å². The highest BCUT2D eigenvalue weighted by molar-refractivity contribution is 14.0. The zero-order valence-electron chi connectivity index (χ0n) is 13.1. The van der Waals surface area contributed by atoms with Crippen LogP contribution in [0.15, 0.2) is 11.2 Å². The van der Waals surface area contributed by atoms with Gasteiger partial charge < -0.3 is 15.8 Å². The lowest BCUT2D eigenvalue weighted by molar-refractivity contribution is 0.407. The third-order valence-corrected chi connectivity index (χ3v) is 2.65. The van der Waals surface area contributed by atoms with E-state index in [1.165, 1.54) is 0 Å². The second kappa shape index (κ2) is 7.66. The van der Waals surface area contributed by atoms with Gasteiger partial charge in [0.15, 0.2) is 5.96 Å². The Balaban J connectivity index is 0.00000361. The van der Waals surface area contributed by atoms with Gasteiger partial charge in [-0.3, -0.25) is 4.98 Å². The second-order valence-electron chi connectivity index (χ2n) is 5.62. The third-order valence-electron chi connectivity index (χ3n) is 2.65. The van der Waals surface area contributed by atoms with Gasteiger partial charge in [-0.05, 0) is 34.6 Å². The van der Waals surface area contributed by atoms with Crippen molar-refractivity contribution in [2.75, 3.05) is 7.11 Å². The fraction of sp³-hybridized carbons (Fsp3) is 0.571. The summed E-state index contributed by atoms with van der Waals surface area (Å²) in [7, 11) is 1.66. The highest BCUT2D eigenvalue weighted by Crippen LogP contribution is 2.24. The van der Waals surface area contributed by atoms with E-state index in [2.05, 4.69) is 15.3 Å². The van der Waals surface area contributed by atoms with Crippen LogP contribution in [-0.4, -0.2) is 23.6 Å². The molecule has 1 heterocycles. The number of methoxy groups -OCH3 is 1. The van der Waals surface area contributed by atoms with E-state index in [1.807, 2.05) is 34.6 Å². The Kier molecular flexibility index (Phi) is 7.26. The van der Waals surface area contributed by atoms with E-state index in [4.69, 9.17) is 10.5 Å². The summed E-state index contributed by atoms with van der Waals surface area (Å²) in [5, 5.41) is 3.12. The van der Waals surface area contributed by atoms with Gasteiger partial charge in [-0.2, -0.15) is 0 Å². The zero-order valence-corrected chi connectivity index (χ0v) is 15.4. The molecule has 0 unspecified atom stereocenters. The number of guanidine groups is 1. The van der Waals surface area contributed by atoms with Gasteiger partial charge in [0, 0.05) is 22.9 Å². The Morgan fingerprint density at radius 3 is 2.50 bits per heavy atom. The molecule has 5 nitrogen and oxygen atoms in total. The first-order chi connectivity index (χ1) is 8.74. The highest BCUT2D eigenvalue weighted by atomic mass is 127. The quantitative estimate of drug-likeness (QED) is 0.471. The molecule has 0 saturated heterocycles. The Morgan fingerprint density at radius 1 is 1.40 bits per heavy atom. The van der Waals surface area contributed by atoms with E-state index in [9.17, 15) is 0 Å². The molecule has 0 amide bonds. The number of nitrogens with two attached hydrogens (primary N) is 1. The minimum atomic E-state index is -0.0962. The molecule has 0 aliphatic heterocycles. The number of pyridine rings is 1. The van der Waals surface area contributed by atoms with E-state index in [1.54, 1.807) is 13.3 Å². The van der Waals surface area contributed by atoms with E-state index >= 15 is 0 Å². The fourth-order valence-electron chi connectivity index (χ4n) is 1.81. The first kappa shape index (κ1) is 18.9.